The molecular weight excluding hydrogens is 160 g/mol. The highest BCUT2D eigenvalue weighted by molar-refractivity contribution is 5.76. The minimum atomic E-state index is 0.697. The first-order chi connectivity index (χ1) is 6.31. The molecule has 0 aromatic heterocycles. The van der Waals surface area contributed by atoms with Crippen LogP contribution in [0.1, 0.15) is 21.5 Å². The predicted octanol–water partition coefficient (Wildman–Crippen LogP) is 2.87. The molecule has 0 radical (unpaired) electrons. The zero-order valence-electron chi connectivity index (χ0n) is 7.49. The van der Waals surface area contributed by atoms with Crippen LogP contribution in [0.2, 0.25) is 0 Å². The standard InChI is InChI=1S/C12H12O/c1-3-5-12-8-10(9-13)6-7-11(12)4-2/h3-4,6-9H,1-2,5H2. The van der Waals surface area contributed by atoms with Gasteiger partial charge in [0.15, 0.2) is 0 Å². The van der Waals surface area contributed by atoms with E-state index in [1.807, 2.05) is 18.2 Å². The van der Waals surface area contributed by atoms with Crippen LogP contribution in [0.4, 0.5) is 0 Å². The Morgan fingerprint density at radius 3 is 2.62 bits per heavy atom. The molecule has 0 spiro atoms. The zero-order chi connectivity index (χ0) is 9.68. The number of carbonyl (C=O) groups excluding carboxylic acids is 1. The second-order valence-electron chi connectivity index (χ2n) is 2.77. The van der Waals surface area contributed by atoms with Crippen LogP contribution in [0, 0.1) is 0 Å². The molecule has 66 valence electrons. The third kappa shape index (κ3) is 2.15. The van der Waals surface area contributed by atoms with Gasteiger partial charge >= 0.3 is 0 Å². The molecule has 1 nitrogen and oxygen atoms in total. The van der Waals surface area contributed by atoms with Crippen LogP contribution in [0.15, 0.2) is 37.4 Å². The molecule has 0 saturated carbocycles. The van der Waals surface area contributed by atoms with Gasteiger partial charge in [-0.15, -0.1) is 6.58 Å². The number of hydrogen-bond acceptors (Lipinski definition) is 1. The molecule has 0 unspecified atom stereocenters. The Morgan fingerprint density at radius 1 is 1.31 bits per heavy atom. The second-order valence-corrected chi connectivity index (χ2v) is 2.77. The molecule has 1 aromatic rings. The fourth-order valence-electron chi connectivity index (χ4n) is 1.23. The SMILES string of the molecule is C=CCc1cc(C=O)ccc1C=C. The summed E-state index contributed by atoms with van der Waals surface area (Å²) in [6, 6.07) is 5.55. The number of aldehydes is 1. The topological polar surface area (TPSA) is 17.1 Å². The van der Waals surface area contributed by atoms with Crippen molar-refractivity contribution in [2.75, 3.05) is 0 Å². The summed E-state index contributed by atoms with van der Waals surface area (Å²) in [7, 11) is 0. The highest BCUT2D eigenvalue weighted by Gasteiger charge is 1.98. The smallest absolute Gasteiger partial charge is 0.150 e. The first-order valence-electron chi connectivity index (χ1n) is 4.13. The average molecular weight is 172 g/mol. The quantitative estimate of drug-likeness (QED) is 0.504. The number of allylic oxidation sites excluding steroid dienone is 1. The highest BCUT2D eigenvalue weighted by Crippen LogP contribution is 2.13. The van der Waals surface area contributed by atoms with E-state index in [0.717, 1.165) is 23.8 Å². The van der Waals surface area contributed by atoms with Crippen molar-refractivity contribution >= 4 is 12.4 Å². The molecule has 0 fully saturated rings. The van der Waals surface area contributed by atoms with E-state index >= 15 is 0 Å². The monoisotopic (exact) mass is 172 g/mol. The Kier molecular flexibility index (Phi) is 3.21. The van der Waals surface area contributed by atoms with E-state index in [-0.39, 0.29) is 0 Å². The van der Waals surface area contributed by atoms with Crippen molar-refractivity contribution in [3.63, 3.8) is 0 Å². The molecular formula is C12H12O. The first-order valence-corrected chi connectivity index (χ1v) is 4.13. The Balaban J connectivity index is 3.16. The van der Waals surface area contributed by atoms with Crippen molar-refractivity contribution in [1.82, 2.24) is 0 Å². The number of hydrogen-bond donors (Lipinski definition) is 0. The average Bonchev–Trinajstić information content (AvgIpc) is 2.18. The van der Waals surface area contributed by atoms with E-state index in [0.29, 0.717) is 5.56 Å². The van der Waals surface area contributed by atoms with Crippen molar-refractivity contribution < 1.29 is 4.79 Å². The largest absolute Gasteiger partial charge is 0.298 e. The van der Waals surface area contributed by atoms with Gasteiger partial charge in [-0.1, -0.05) is 30.9 Å². The van der Waals surface area contributed by atoms with Gasteiger partial charge in [-0.05, 0) is 23.6 Å². The van der Waals surface area contributed by atoms with Crippen molar-refractivity contribution in [3.8, 4) is 0 Å². The molecule has 1 heteroatoms. The van der Waals surface area contributed by atoms with Gasteiger partial charge < -0.3 is 0 Å². The molecule has 0 aliphatic heterocycles. The normalized spacial score (nSPS) is 9.23. The maximum Gasteiger partial charge on any atom is 0.150 e. The Bertz CT molecular complexity index is 337. The minimum Gasteiger partial charge on any atom is -0.298 e. The first kappa shape index (κ1) is 9.46. The van der Waals surface area contributed by atoms with E-state index in [1.165, 1.54) is 0 Å². The van der Waals surface area contributed by atoms with Gasteiger partial charge in [-0.3, -0.25) is 4.79 Å². The van der Waals surface area contributed by atoms with Crippen molar-refractivity contribution in [3.05, 3.63) is 54.1 Å². The Morgan fingerprint density at radius 2 is 2.08 bits per heavy atom. The van der Waals surface area contributed by atoms with Crippen molar-refractivity contribution in [1.29, 1.82) is 0 Å². The summed E-state index contributed by atoms with van der Waals surface area (Å²) in [5, 5.41) is 0. The Hall–Kier alpha value is -1.63. The van der Waals surface area contributed by atoms with Crippen LogP contribution in [0.25, 0.3) is 6.08 Å². The lowest BCUT2D eigenvalue weighted by atomic mass is 10.0. The maximum atomic E-state index is 10.5. The van der Waals surface area contributed by atoms with Crippen molar-refractivity contribution in [2.24, 2.45) is 0 Å². The number of benzene rings is 1. The van der Waals surface area contributed by atoms with Gasteiger partial charge in [-0.25, -0.2) is 0 Å². The molecule has 0 heterocycles. The summed E-state index contributed by atoms with van der Waals surface area (Å²) in [5.41, 5.74) is 2.85. The van der Waals surface area contributed by atoms with Crippen LogP contribution in [-0.2, 0) is 6.42 Å². The van der Waals surface area contributed by atoms with Gasteiger partial charge in [0.25, 0.3) is 0 Å². The van der Waals surface area contributed by atoms with Crippen LogP contribution in [-0.4, -0.2) is 6.29 Å². The third-order valence-corrected chi connectivity index (χ3v) is 1.89. The van der Waals surface area contributed by atoms with E-state index in [9.17, 15) is 4.79 Å². The lowest BCUT2D eigenvalue weighted by Gasteiger charge is -2.03. The van der Waals surface area contributed by atoms with Gasteiger partial charge in [0, 0.05) is 5.56 Å². The highest BCUT2D eigenvalue weighted by atomic mass is 16.1. The maximum absolute atomic E-state index is 10.5. The van der Waals surface area contributed by atoms with E-state index in [1.54, 1.807) is 12.1 Å². The van der Waals surface area contributed by atoms with E-state index in [4.69, 9.17) is 0 Å². The summed E-state index contributed by atoms with van der Waals surface area (Å²) in [4.78, 5) is 10.5. The summed E-state index contributed by atoms with van der Waals surface area (Å²) in [6.07, 6.45) is 5.22. The zero-order valence-corrected chi connectivity index (χ0v) is 7.49. The molecule has 1 rings (SSSR count). The van der Waals surface area contributed by atoms with Crippen LogP contribution in [0.5, 0.6) is 0 Å². The van der Waals surface area contributed by atoms with Gasteiger partial charge in [0.05, 0.1) is 0 Å². The second kappa shape index (κ2) is 4.41. The molecule has 1 aromatic carbocycles. The van der Waals surface area contributed by atoms with Crippen LogP contribution >= 0.6 is 0 Å². The van der Waals surface area contributed by atoms with Crippen molar-refractivity contribution in [2.45, 2.75) is 6.42 Å². The summed E-state index contributed by atoms with van der Waals surface area (Å²) in [5.74, 6) is 0. The van der Waals surface area contributed by atoms with Crippen LogP contribution < -0.4 is 0 Å². The van der Waals surface area contributed by atoms with Crippen LogP contribution in [0.3, 0.4) is 0 Å². The van der Waals surface area contributed by atoms with E-state index < -0.39 is 0 Å². The fraction of sp³-hybridized carbons (Fsp3) is 0.0833. The predicted molar refractivity (Wildman–Crippen MR) is 55.8 cm³/mol. The molecule has 0 atom stereocenters. The molecule has 0 aliphatic rings. The minimum absolute atomic E-state index is 0.697. The van der Waals surface area contributed by atoms with Gasteiger partial charge in [-0.2, -0.15) is 0 Å². The summed E-state index contributed by atoms with van der Waals surface area (Å²) >= 11 is 0. The number of rotatable bonds is 4. The molecule has 13 heavy (non-hydrogen) atoms. The lowest BCUT2D eigenvalue weighted by Crippen LogP contribution is -1.89. The van der Waals surface area contributed by atoms with Gasteiger partial charge in [0.1, 0.15) is 6.29 Å². The number of carbonyl (C=O) groups is 1. The molecule has 0 bridgehead atoms. The lowest BCUT2D eigenvalue weighted by molar-refractivity contribution is 0.112. The fourth-order valence-corrected chi connectivity index (χ4v) is 1.23. The van der Waals surface area contributed by atoms with Gasteiger partial charge in [0.2, 0.25) is 0 Å². The molecule has 0 amide bonds. The summed E-state index contributed by atoms with van der Waals surface area (Å²) in [6.45, 7) is 7.37. The third-order valence-electron chi connectivity index (χ3n) is 1.89. The summed E-state index contributed by atoms with van der Waals surface area (Å²) < 4.78 is 0. The molecule has 0 saturated heterocycles. The molecule has 0 N–H and O–H groups in total. The van der Waals surface area contributed by atoms with E-state index in [2.05, 4.69) is 13.2 Å². The molecule has 0 aliphatic carbocycles. The Labute approximate surface area is 78.4 Å².